The topological polar surface area (TPSA) is 9.23 Å². The lowest BCUT2D eigenvalue weighted by atomic mass is 9.74. The van der Waals surface area contributed by atoms with Crippen molar-refractivity contribution >= 4 is 0 Å². The Morgan fingerprint density at radius 1 is 0.852 bits per heavy atom. The maximum atomic E-state index is 12.2. The summed E-state index contributed by atoms with van der Waals surface area (Å²) in [5.41, 5.74) is 1.50. The Labute approximate surface area is 165 Å². The fraction of sp³-hybridized carbons (Fsp3) is 0.680. The predicted octanol–water partition coefficient (Wildman–Crippen LogP) is 7.82. The summed E-state index contributed by atoms with van der Waals surface area (Å²) < 4.78 is 17.7. The largest absolute Gasteiger partial charge is 0.494 e. The van der Waals surface area contributed by atoms with Gasteiger partial charge >= 0.3 is 0 Å². The molecule has 27 heavy (non-hydrogen) atoms. The molecule has 2 saturated carbocycles. The van der Waals surface area contributed by atoms with Crippen molar-refractivity contribution in [1.29, 1.82) is 0 Å². The maximum absolute atomic E-state index is 12.2. The van der Waals surface area contributed by atoms with Crippen LogP contribution < -0.4 is 4.74 Å². The van der Waals surface area contributed by atoms with E-state index in [-0.39, 0.29) is 0 Å². The highest BCUT2D eigenvalue weighted by Gasteiger charge is 2.25. The molecule has 0 unspecified atom stereocenters. The zero-order chi connectivity index (χ0) is 18.9. The Kier molecular flexibility index (Phi) is 8.23. The number of rotatable bonds is 8. The van der Waals surface area contributed by atoms with Crippen LogP contribution in [0.1, 0.15) is 89.0 Å². The molecular formula is C25H37FO. The van der Waals surface area contributed by atoms with E-state index in [0.717, 1.165) is 48.8 Å². The number of hydrogen-bond donors (Lipinski definition) is 0. The summed E-state index contributed by atoms with van der Waals surface area (Å²) in [6.07, 6.45) is 17.0. The van der Waals surface area contributed by atoms with E-state index < -0.39 is 0 Å². The normalized spacial score (nSPS) is 29.1. The molecule has 3 rings (SSSR count). The van der Waals surface area contributed by atoms with Gasteiger partial charge in [-0.25, -0.2) is 4.39 Å². The molecule has 1 aromatic carbocycles. The highest BCUT2D eigenvalue weighted by molar-refractivity contribution is 5.29. The average molecular weight is 373 g/mol. The number of allylic oxidation sites excluding steroid dienone is 1. The van der Waals surface area contributed by atoms with E-state index >= 15 is 0 Å². The molecule has 2 fully saturated rings. The van der Waals surface area contributed by atoms with Crippen molar-refractivity contribution in [3.63, 3.8) is 0 Å². The van der Waals surface area contributed by atoms with E-state index in [1.165, 1.54) is 69.8 Å². The van der Waals surface area contributed by atoms with Gasteiger partial charge < -0.3 is 4.74 Å². The van der Waals surface area contributed by atoms with Crippen molar-refractivity contribution in [1.82, 2.24) is 0 Å². The molecule has 0 atom stereocenters. The summed E-state index contributed by atoms with van der Waals surface area (Å²) in [6.45, 7) is 2.77. The van der Waals surface area contributed by atoms with Crippen molar-refractivity contribution in [2.75, 3.05) is 6.61 Å². The van der Waals surface area contributed by atoms with Gasteiger partial charge in [-0.1, -0.05) is 43.9 Å². The third kappa shape index (κ3) is 6.36. The first-order valence-corrected chi connectivity index (χ1v) is 11.3. The third-order valence-corrected chi connectivity index (χ3v) is 7.02. The fourth-order valence-corrected chi connectivity index (χ4v) is 5.26. The Balaban J connectivity index is 1.34. The van der Waals surface area contributed by atoms with Crippen LogP contribution in [0.3, 0.4) is 0 Å². The minimum Gasteiger partial charge on any atom is -0.494 e. The second kappa shape index (κ2) is 10.9. The van der Waals surface area contributed by atoms with E-state index in [2.05, 4.69) is 24.3 Å². The lowest BCUT2D eigenvalue weighted by Crippen LogP contribution is -2.17. The predicted molar refractivity (Wildman–Crippen MR) is 112 cm³/mol. The molecule has 150 valence electrons. The minimum absolute atomic E-state index is 0.718. The molecule has 0 amide bonds. The Bertz CT molecular complexity index is 548. The van der Waals surface area contributed by atoms with Crippen LogP contribution in [-0.2, 0) is 0 Å². The van der Waals surface area contributed by atoms with Crippen LogP contribution in [0.2, 0.25) is 0 Å². The highest BCUT2D eigenvalue weighted by Crippen LogP contribution is 2.40. The molecule has 0 heterocycles. The van der Waals surface area contributed by atoms with E-state index in [4.69, 9.17) is 4.74 Å². The van der Waals surface area contributed by atoms with Gasteiger partial charge in [0, 0.05) is 0 Å². The van der Waals surface area contributed by atoms with Crippen LogP contribution in [0.15, 0.2) is 36.7 Å². The molecule has 2 aliphatic rings. The molecule has 0 saturated heterocycles. The molecule has 0 radical (unpaired) electrons. The van der Waals surface area contributed by atoms with Crippen LogP contribution in [0.25, 0.3) is 0 Å². The first kappa shape index (κ1) is 20.4. The smallest absolute Gasteiger partial charge is 0.119 e. The average Bonchev–Trinajstić information content (AvgIpc) is 2.73. The van der Waals surface area contributed by atoms with Crippen molar-refractivity contribution in [2.24, 2.45) is 17.8 Å². The minimum atomic E-state index is 0.718. The molecule has 0 N–H and O–H groups in total. The third-order valence-electron chi connectivity index (χ3n) is 7.02. The highest BCUT2D eigenvalue weighted by atomic mass is 19.1. The molecule has 1 aromatic rings. The van der Waals surface area contributed by atoms with E-state index in [9.17, 15) is 4.39 Å². The maximum Gasteiger partial charge on any atom is 0.119 e. The van der Waals surface area contributed by atoms with Gasteiger partial charge in [0.2, 0.25) is 0 Å². The number of ether oxygens (including phenoxy) is 1. The molecule has 2 aliphatic carbocycles. The fourth-order valence-electron chi connectivity index (χ4n) is 5.26. The van der Waals surface area contributed by atoms with Crippen molar-refractivity contribution in [2.45, 2.75) is 83.5 Å². The summed E-state index contributed by atoms with van der Waals surface area (Å²) in [6, 6.07) is 8.80. The molecular weight excluding hydrogens is 335 g/mol. The SMILES string of the molecule is CCOc1ccc([C@H]2CC[C@H](CC[C@H]3CC[C@H](C/C=C/F)CC3)CC2)cc1. The standard InChI is InChI=1S/C25H37FO/c1-2-27-25-17-15-24(16-18-25)23-13-11-22(12-14-23)10-9-21-7-5-20(6-8-21)4-3-19-26/h3,15-23H,2,4-14H2,1H3/b19-3+/t20-,21-,22-,23-. The lowest BCUT2D eigenvalue weighted by Gasteiger charge is -2.32. The number of hydrogen-bond acceptors (Lipinski definition) is 1. The monoisotopic (exact) mass is 372 g/mol. The van der Waals surface area contributed by atoms with E-state index in [1.54, 1.807) is 6.08 Å². The zero-order valence-electron chi connectivity index (χ0n) is 17.0. The quantitative estimate of drug-likeness (QED) is 0.452. The van der Waals surface area contributed by atoms with Crippen molar-refractivity contribution in [3.05, 3.63) is 42.2 Å². The van der Waals surface area contributed by atoms with Gasteiger partial charge in [0.15, 0.2) is 0 Å². The first-order valence-electron chi connectivity index (χ1n) is 11.3. The summed E-state index contributed by atoms with van der Waals surface area (Å²) >= 11 is 0. The zero-order valence-corrected chi connectivity index (χ0v) is 17.0. The summed E-state index contributed by atoms with van der Waals surface area (Å²) in [5, 5.41) is 0. The van der Waals surface area contributed by atoms with Gasteiger partial charge in [0.25, 0.3) is 0 Å². The Morgan fingerprint density at radius 3 is 1.96 bits per heavy atom. The van der Waals surface area contributed by atoms with Crippen LogP contribution in [0.5, 0.6) is 5.75 Å². The molecule has 0 aliphatic heterocycles. The van der Waals surface area contributed by atoms with Gasteiger partial charge in [-0.2, -0.15) is 0 Å². The summed E-state index contributed by atoms with van der Waals surface area (Å²) in [5.74, 6) is 4.34. The molecule has 2 heteroatoms. The lowest BCUT2D eigenvalue weighted by molar-refractivity contribution is 0.231. The molecule has 0 aromatic heterocycles. The van der Waals surface area contributed by atoms with Gasteiger partial charge in [0.05, 0.1) is 12.9 Å². The van der Waals surface area contributed by atoms with Crippen molar-refractivity contribution in [3.8, 4) is 5.75 Å². The summed E-state index contributed by atoms with van der Waals surface area (Å²) in [4.78, 5) is 0. The van der Waals surface area contributed by atoms with Gasteiger partial charge in [-0.3, -0.25) is 0 Å². The molecule has 1 nitrogen and oxygen atoms in total. The van der Waals surface area contributed by atoms with Gasteiger partial charge in [-0.05, 0) is 93.2 Å². The molecule has 0 bridgehead atoms. The van der Waals surface area contributed by atoms with E-state index in [1.807, 2.05) is 6.92 Å². The van der Waals surface area contributed by atoms with Crippen LogP contribution in [-0.4, -0.2) is 6.61 Å². The summed E-state index contributed by atoms with van der Waals surface area (Å²) in [7, 11) is 0. The Hall–Kier alpha value is -1.31. The van der Waals surface area contributed by atoms with Gasteiger partial charge in [0.1, 0.15) is 5.75 Å². The van der Waals surface area contributed by atoms with Crippen LogP contribution in [0.4, 0.5) is 4.39 Å². The van der Waals surface area contributed by atoms with E-state index in [0.29, 0.717) is 0 Å². The first-order chi connectivity index (χ1) is 13.3. The number of halogens is 1. The van der Waals surface area contributed by atoms with Crippen LogP contribution >= 0.6 is 0 Å². The number of benzene rings is 1. The second-order valence-electron chi connectivity index (χ2n) is 8.78. The Morgan fingerprint density at radius 2 is 1.41 bits per heavy atom. The van der Waals surface area contributed by atoms with Crippen molar-refractivity contribution < 1.29 is 9.13 Å². The van der Waals surface area contributed by atoms with Gasteiger partial charge in [-0.15, -0.1) is 0 Å². The van der Waals surface area contributed by atoms with Crippen LogP contribution in [0, 0.1) is 17.8 Å². The second-order valence-corrected chi connectivity index (χ2v) is 8.78. The molecule has 0 spiro atoms.